The molecule has 1 aromatic carbocycles. The molecule has 0 radical (unpaired) electrons. The molecule has 4 nitrogen and oxygen atoms in total. The van der Waals surface area contributed by atoms with Gasteiger partial charge in [-0.2, -0.15) is 5.26 Å². The first-order chi connectivity index (χ1) is 8.74. The molecule has 1 amide bonds. The molecule has 0 aliphatic rings. The molecule has 0 atom stereocenters. The number of aryl methyl sites for hydroxylation is 1. The first-order valence-electron chi connectivity index (χ1n) is 5.43. The molecule has 0 fully saturated rings. The van der Waals surface area contributed by atoms with Gasteiger partial charge in [0.05, 0.1) is 5.69 Å². The van der Waals surface area contributed by atoms with Gasteiger partial charge in [0.1, 0.15) is 11.8 Å². The lowest BCUT2D eigenvalue weighted by Crippen LogP contribution is -1.96. The summed E-state index contributed by atoms with van der Waals surface area (Å²) in [5, 5.41) is 11.4. The van der Waals surface area contributed by atoms with E-state index < -0.39 is 0 Å². The Hall–Kier alpha value is -2.67. The zero-order chi connectivity index (χ0) is 13.0. The number of carbonyl (C=O) groups excluding carboxylic acids is 1. The first kappa shape index (κ1) is 11.8. The molecule has 0 saturated heterocycles. The maximum atomic E-state index is 10.4. The van der Waals surface area contributed by atoms with Crippen LogP contribution in [-0.2, 0) is 4.79 Å². The van der Waals surface area contributed by atoms with Crippen molar-refractivity contribution in [1.29, 1.82) is 5.26 Å². The molecule has 2 rings (SSSR count). The van der Waals surface area contributed by atoms with E-state index in [2.05, 4.69) is 10.3 Å². The zero-order valence-corrected chi connectivity index (χ0v) is 9.84. The summed E-state index contributed by atoms with van der Waals surface area (Å²) < 4.78 is 0. The van der Waals surface area contributed by atoms with Crippen LogP contribution in [0.4, 0.5) is 5.69 Å². The van der Waals surface area contributed by atoms with Crippen molar-refractivity contribution in [1.82, 2.24) is 4.98 Å². The quantitative estimate of drug-likeness (QED) is 0.834. The predicted molar refractivity (Wildman–Crippen MR) is 68.8 cm³/mol. The van der Waals surface area contributed by atoms with Crippen LogP contribution in [0.3, 0.4) is 0 Å². The topological polar surface area (TPSA) is 65.8 Å². The number of hydrogen-bond donors (Lipinski definition) is 1. The summed E-state index contributed by atoms with van der Waals surface area (Å²) in [5.41, 5.74) is 3.74. The fourth-order valence-corrected chi connectivity index (χ4v) is 1.70. The van der Waals surface area contributed by atoms with Gasteiger partial charge in [0.15, 0.2) is 0 Å². The summed E-state index contributed by atoms with van der Waals surface area (Å²) in [4.78, 5) is 14.7. The molecular weight excluding hydrogens is 226 g/mol. The van der Waals surface area contributed by atoms with Crippen molar-refractivity contribution in [2.45, 2.75) is 6.92 Å². The summed E-state index contributed by atoms with van der Waals surface area (Å²) in [7, 11) is 0. The van der Waals surface area contributed by atoms with Gasteiger partial charge in [-0.05, 0) is 36.8 Å². The van der Waals surface area contributed by atoms with Crippen LogP contribution < -0.4 is 5.32 Å². The molecule has 0 saturated carbocycles. The number of rotatable bonds is 3. The zero-order valence-electron chi connectivity index (χ0n) is 9.84. The maximum Gasteiger partial charge on any atom is 0.211 e. The van der Waals surface area contributed by atoms with Gasteiger partial charge >= 0.3 is 0 Å². The van der Waals surface area contributed by atoms with E-state index in [0.717, 1.165) is 16.8 Å². The Labute approximate surface area is 105 Å². The third kappa shape index (κ3) is 2.36. The summed E-state index contributed by atoms with van der Waals surface area (Å²) >= 11 is 0. The highest BCUT2D eigenvalue weighted by atomic mass is 16.1. The van der Waals surface area contributed by atoms with E-state index in [1.807, 2.05) is 37.3 Å². The molecule has 1 heterocycles. The SMILES string of the molecule is Cc1ccc(NC=O)cc1-c1cccc(C#N)n1. The second-order valence-electron chi connectivity index (χ2n) is 3.81. The third-order valence-corrected chi connectivity index (χ3v) is 2.60. The predicted octanol–water partition coefficient (Wildman–Crippen LogP) is 2.50. The normalized spacial score (nSPS) is 9.56. The Morgan fingerprint density at radius 1 is 1.33 bits per heavy atom. The van der Waals surface area contributed by atoms with E-state index in [1.165, 1.54) is 0 Å². The lowest BCUT2D eigenvalue weighted by Gasteiger charge is -2.08. The number of hydrogen-bond acceptors (Lipinski definition) is 3. The average molecular weight is 237 g/mol. The molecule has 0 aliphatic carbocycles. The fraction of sp³-hybridized carbons (Fsp3) is 0.0714. The van der Waals surface area contributed by atoms with E-state index in [1.54, 1.807) is 12.1 Å². The van der Waals surface area contributed by atoms with Crippen LogP contribution in [0.15, 0.2) is 36.4 Å². The lowest BCUT2D eigenvalue weighted by atomic mass is 10.0. The van der Waals surface area contributed by atoms with Crippen LogP contribution in [0.2, 0.25) is 0 Å². The van der Waals surface area contributed by atoms with Gasteiger partial charge in [-0.15, -0.1) is 0 Å². The Morgan fingerprint density at radius 3 is 2.89 bits per heavy atom. The van der Waals surface area contributed by atoms with E-state index in [0.29, 0.717) is 17.8 Å². The number of nitrogens with one attached hydrogen (secondary N) is 1. The Kier molecular flexibility index (Phi) is 3.35. The first-order valence-corrected chi connectivity index (χ1v) is 5.43. The Morgan fingerprint density at radius 2 is 2.17 bits per heavy atom. The third-order valence-electron chi connectivity index (χ3n) is 2.60. The molecule has 0 spiro atoms. The highest BCUT2D eigenvalue weighted by Crippen LogP contribution is 2.25. The average Bonchev–Trinajstić information content (AvgIpc) is 2.41. The smallest absolute Gasteiger partial charge is 0.211 e. The van der Waals surface area contributed by atoms with Gasteiger partial charge < -0.3 is 5.32 Å². The number of nitriles is 1. The van der Waals surface area contributed by atoms with Gasteiger partial charge in [-0.1, -0.05) is 12.1 Å². The largest absolute Gasteiger partial charge is 0.329 e. The molecule has 0 bridgehead atoms. The van der Waals surface area contributed by atoms with Crippen molar-refractivity contribution in [2.24, 2.45) is 0 Å². The minimum atomic E-state index is 0.376. The minimum Gasteiger partial charge on any atom is -0.329 e. The molecule has 0 unspecified atom stereocenters. The number of nitrogens with zero attached hydrogens (tertiary/aromatic N) is 2. The second-order valence-corrected chi connectivity index (χ2v) is 3.81. The van der Waals surface area contributed by atoms with Crippen molar-refractivity contribution in [3.63, 3.8) is 0 Å². The van der Waals surface area contributed by atoms with Gasteiger partial charge in [0, 0.05) is 11.3 Å². The van der Waals surface area contributed by atoms with Crippen LogP contribution >= 0.6 is 0 Å². The summed E-state index contributed by atoms with van der Waals surface area (Å²) in [5.74, 6) is 0. The van der Waals surface area contributed by atoms with Crippen LogP contribution in [-0.4, -0.2) is 11.4 Å². The summed E-state index contributed by atoms with van der Waals surface area (Å²) in [6.07, 6.45) is 0.633. The summed E-state index contributed by atoms with van der Waals surface area (Å²) in [6, 6.07) is 12.9. The van der Waals surface area contributed by atoms with Gasteiger partial charge in [-0.3, -0.25) is 4.79 Å². The molecular formula is C14H11N3O. The van der Waals surface area contributed by atoms with Crippen molar-refractivity contribution < 1.29 is 4.79 Å². The van der Waals surface area contributed by atoms with E-state index in [4.69, 9.17) is 5.26 Å². The van der Waals surface area contributed by atoms with E-state index >= 15 is 0 Å². The number of amides is 1. The van der Waals surface area contributed by atoms with Gasteiger partial charge in [0.25, 0.3) is 0 Å². The second kappa shape index (κ2) is 5.11. The molecule has 2 aromatic rings. The molecule has 88 valence electrons. The molecule has 1 N–H and O–H groups in total. The fourth-order valence-electron chi connectivity index (χ4n) is 1.70. The van der Waals surface area contributed by atoms with Crippen LogP contribution in [0, 0.1) is 18.3 Å². The van der Waals surface area contributed by atoms with E-state index in [9.17, 15) is 4.79 Å². The standard InChI is InChI=1S/C14H11N3O/c1-10-5-6-11(16-9-18)7-13(10)14-4-2-3-12(8-15)17-14/h2-7,9H,1H3,(H,16,18). The van der Waals surface area contributed by atoms with Crippen molar-refractivity contribution in [3.05, 3.63) is 47.7 Å². The molecule has 0 aliphatic heterocycles. The van der Waals surface area contributed by atoms with Crippen molar-refractivity contribution in [2.75, 3.05) is 5.32 Å². The van der Waals surface area contributed by atoms with Gasteiger partial charge in [0.2, 0.25) is 6.41 Å². The van der Waals surface area contributed by atoms with Crippen LogP contribution in [0.1, 0.15) is 11.3 Å². The van der Waals surface area contributed by atoms with Crippen LogP contribution in [0.5, 0.6) is 0 Å². The number of carbonyl (C=O) groups is 1. The molecule has 18 heavy (non-hydrogen) atoms. The van der Waals surface area contributed by atoms with Crippen molar-refractivity contribution in [3.8, 4) is 17.3 Å². The highest BCUT2D eigenvalue weighted by molar-refractivity contribution is 5.76. The molecule has 1 aromatic heterocycles. The molecule has 4 heteroatoms. The Balaban J connectivity index is 2.51. The van der Waals surface area contributed by atoms with Crippen LogP contribution in [0.25, 0.3) is 11.3 Å². The van der Waals surface area contributed by atoms with Crippen molar-refractivity contribution >= 4 is 12.1 Å². The number of anilines is 1. The number of aromatic nitrogens is 1. The number of benzene rings is 1. The highest BCUT2D eigenvalue weighted by Gasteiger charge is 2.05. The number of pyridine rings is 1. The van der Waals surface area contributed by atoms with E-state index in [-0.39, 0.29) is 0 Å². The minimum absolute atomic E-state index is 0.376. The monoisotopic (exact) mass is 237 g/mol. The van der Waals surface area contributed by atoms with Gasteiger partial charge in [-0.25, -0.2) is 4.98 Å². The Bertz CT molecular complexity index is 629. The lowest BCUT2D eigenvalue weighted by molar-refractivity contribution is -0.105. The maximum absolute atomic E-state index is 10.4. The summed E-state index contributed by atoms with van der Waals surface area (Å²) in [6.45, 7) is 1.96.